The van der Waals surface area contributed by atoms with Gasteiger partial charge in [-0.25, -0.2) is 0 Å². The highest BCUT2D eigenvalue weighted by molar-refractivity contribution is 6.11. The van der Waals surface area contributed by atoms with Crippen LogP contribution in [0.4, 0.5) is 0 Å². The number of nitrogens with zero attached hydrogens (tertiary/aromatic N) is 2. The van der Waals surface area contributed by atoms with E-state index in [0.717, 1.165) is 5.69 Å². The van der Waals surface area contributed by atoms with Crippen molar-refractivity contribution in [1.82, 2.24) is 9.13 Å². The van der Waals surface area contributed by atoms with Crippen LogP contribution >= 0.6 is 0 Å². The van der Waals surface area contributed by atoms with Crippen molar-refractivity contribution >= 4 is 43.6 Å². The van der Waals surface area contributed by atoms with Crippen molar-refractivity contribution < 1.29 is 0 Å². The Labute approximate surface area is 325 Å². The van der Waals surface area contributed by atoms with Crippen LogP contribution in [0.3, 0.4) is 0 Å². The summed E-state index contributed by atoms with van der Waals surface area (Å²) in [7, 11) is 0. The number of benzene rings is 9. The van der Waals surface area contributed by atoms with Gasteiger partial charge in [0.2, 0.25) is 0 Å². The van der Waals surface area contributed by atoms with Crippen LogP contribution in [0.2, 0.25) is 0 Å². The number of hydrogen-bond acceptors (Lipinski definition) is 0. The molecule has 2 heteroatoms. The molecule has 0 bridgehead atoms. The van der Waals surface area contributed by atoms with Gasteiger partial charge in [0.25, 0.3) is 0 Å². The molecule has 0 saturated heterocycles. The largest absolute Gasteiger partial charge is 0.309 e. The van der Waals surface area contributed by atoms with E-state index in [2.05, 4.69) is 228 Å². The fourth-order valence-electron chi connectivity index (χ4n) is 8.65. The quantitative estimate of drug-likeness (QED) is 0.162. The van der Waals surface area contributed by atoms with E-state index in [-0.39, 0.29) is 0 Å². The number of para-hydroxylation sites is 3. The van der Waals surface area contributed by atoms with Crippen molar-refractivity contribution in [3.63, 3.8) is 0 Å². The molecule has 0 N–H and O–H groups in total. The second kappa shape index (κ2) is 13.2. The Morgan fingerprint density at radius 2 is 0.625 bits per heavy atom. The van der Waals surface area contributed by atoms with E-state index < -0.39 is 0 Å². The maximum absolute atomic E-state index is 2.45. The Morgan fingerprint density at radius 3 is 1.27 bits per heavy atom. The second-order valence-corrected chi connectivity index (χ2v) is 14.6. The molecule has 56 heavy (non-hydrogen) atoms. The van der Waals surface area contributed by atoms with E-state index >= 15 is 0 Å². The van der Waals surface area contributed by atoms with E-state index in [9.17, 15) is 0 Å². The SMILES string of the molecule is c1ccc(-c2cc(-c3ccccc3)cc(-n3c4ccccc4c4ccc(-c5cccc(-c6ccc7c(c6)c6ccccc6n7-c6ccccc6)c5)cc43)c2)cc1. The van der Waals surface area contributed by atoms with Crippen molar-refractivity contribution in [2.24, 2.45) is 0 Å². The number of aromatic nitrogens is 2. The Morgan fingerprint density at radius 1 is 0.196 bits per heavy atom. The van der Waals surface area contributed by atoms with Crippen LogP contribution in [0.5, 0.6) is 0 Å². The molecular formula is C54H36N2. The predicted molar refractivity (Wildman–Crippen MR) is 237 cm³/mol. The zero-order valence-electron chi connectivity index (χ0n) is 30.7. The molecule has 0 saturated carbocycles. The highest BCUT2D eigenvalue weighted by Gasteiger charge is 2.17. The second-order valence-electron chi connectivity index (χ2n) is 14.6. The lowest BCUT2D eigenvalue weighted by atomic mass is 9.97. The van der Waals surface area contributed by atoms with Gasteiger partial charge in [-0.15, -0.1) is 0 Å². The monoisotopic (exact) mass is 712 g/mol. The van der Waals surface area contributed by atoms with Crippen LogP contribution in [0.15, 0.2) is 218 Å². The van der Waals surface area contributed by atoms with Crippen LogP contribution in [-0.2, 0) is 0 Å². The molecule has 0 aliphatic carbocycles. The van der Waals surface area contributed by atoms with Gasteiger partial charge in [-0.2, -0.15) is 0 Å². The minimum Gasteiger partial charge on any atom is -0.309 e. The van der Waals surface area contributed by atoms with Gasteiger partial charge in [-0.3, -0.25) is 0 Å². The van der Waals surface area contributed by atoms with E-state index in [1.54, 1.807) is 0 Å². The van der Waals surface area contributed by atoms with Crippen LogP contribution in [-0.4, -0.2) is 9.13 Å². The first-order chi connectivity index (χ1) is 27.8. The summed E-state index contributed by atoms with van der Waals surface area (Å²) in [5.41, 5.74) is 16.7. The third kappa shape index (κ3) is 5.34. The normalized spacial score (nSPS) is 11.6. The minimum atomic E-state index is 1.14. The maximum Gasteiger partial charge on any atom is 0.0547 e. The fraction of sp³-hybridized carbons (Fsp3) is 0. The molecule has 262 valence electrons. The van der Waals surface area contributed by atoms with Gasteiger partial charge in [0.15, 0.2) is 0 Å². The molecule has 2 aromatic heterocycles. The number of fused-ring (bicyclic) bond motifs is 6. The molecule has 0 amide bonds. The molecular weight excluding hydrogens is 677 g/mol. The lowest BCUT2D eigenvalue weighted by Gasteiger charge is -2.14. The summed E-state index contributed by atoms with van der Waals surface area (Å²) in [4.78, 5) is 0. The first kappa shape index (κ1) is 32.0. The third-order valence-corrected chi connectivity index (χ3v) is 11.3. The maximum atomic E-state index is 2.45. The summed E-state index contributed by atoms with van der Waals surface area (Å²) in [5, 5.41) is 5.00. The summed E-state index contributed by atoms with van der Waals surface area (Å²) in [6.45, 7) is 0. The molecule has 0 spiro atoms. The van der Waals surface area contributed by atoms with Gasteiger partial charge in [-0.1, -0.05) is 152 Å². The fourth-order valence-corrected chi connectivity index (χ4v) is 8.65. The predicted octanol–water partition coefficient (Wildman–Crippen LogP) is 14.5. The van der Waals surface area contributed by atoms with E-state index in [4.69, 9.17) is 0 Å². The molecule has 11 aromatic rings. The van der Waals surface area contributed by atoms with Gasteiger partial charge >= 0.3 is 0 Å². The molecule has 0 unspecified atom stereocenters. The highest BCUT2D eigenvalue weighted by atomic mass is 15.0. The van der Waals surface area contributed by atoms with Crippen LogP contribution in [0.25, 0.3) is 99.5 Å². The van der Waals surface area contributed by atoms with E-state index in [1.807, 2.05) is 0 Å². The summed E-state index contributed by atoms with van der Waals surface area (Å²) >= 11 is 0. The van der Waals surface area contributed by atoms with E-state index in [0.29, 0.717) is 0 Å². The van der Waals surface area contributed by atoms with Crippen molar-refractivity contribution in [3.8, 4) is 55.9 Å². The number of hydrogen-bond donors (Lipinski definition) is 0. The molecule has 2 heterocycles. The zero-order chi connectivity index (χ0) is 37.0. The highest BCUT2D eigenvalue weighted by Crippen LogP contribution is 2.39. The molecule has 0 radical (unpaired) electrons. The van der Waals surface area contributed by atoms with Crippen LogP contribution < -0.4 is 0 Å². The first-order valence-electron chi connectivity index (χ1n) is 19.3. The first-order valence-corrected chi connectivity index (χ1v) is 19.3. The Hall–Kier alpha value is -7.42. The van der Waals surface area contributed by atoms with Crippen LogP contribution in [0, 0.1) is 0 Å². The summed E-state index contributed by atoms with van der Waals surface area (Å²) in [6.07, 6.45) is 0. The molecule has 0 aliphatic rings. The average molecular weight is 713 g/mol. The molecule has 0 fully saturated rings. The summed E-state index contributed by atoms with van der Waals surface area (Å²) < 4.78 is 4.82. The molecule has 2 nitrogen and oxygen atoms in total. The van der Waals surface area contributed by atoms with Crippen molar-refractivity contribution in [1.29, 1.82) is 0 Å². The van der Waals surface area contributed by atoms with E-state index in [1.165, 1.54) is 93.8 Å². The lowest BCUT2D eigenvalue weighted by molar-refractivity contribution is 1.18. The number of rotatable bonds is 6. The van der Waals surface area contributed by atoms with Gasteiger partial charge in [0.1, 0.15) is 0 Å². The van der Waals surface area contributed by atoms with Gasteiger partial charge in [0, 0.05) is 32.9 Å². The summed E-state index contributed by atoms with van der Waals surface area (Å²) in [6, 6.07) is 79.5. The Kier molecular flexibility index (Phi) is 7.53. The van der Waals surface area contributed by atoms with Crippen LogP contribution in [0.1, 0.15) is 0 Å². The smallest absolute Gasteiger partial charge is 0.0547 e. The van der Waals surface area contributed by atoms with Crippen molar-refractivity contribution in [3.05, 3.63) is 218 Å². The molecule has 11 rings (SSSR count). The van der Waals surface area contributed by atoms with Crippen molar-refractivity contribution in [2.45, 2.75) is 0 Å². The summed E-state index contributed by atoms with van der Waals surface area (Å²) in [5.74, 6) is 0. The molecule has 0 aliphatic heterocycles. The van der Waals surface area contributed by atoms with Gasteiger partial charge in [-0.05, 0) is 111 Å². The van der Waals surface area contributed by atoms with Crippen molar-refractivity contribution in [2.75, 3.05) is 0 Å². The Bertz CT molecular complexity index is 3170. The Balaban J connectivity index is 1.07. The zero-order valence-corrected chi connectivity index (χ0v) is 30.7. The lowest BCUT2D eigenvalue weighted by Crippen LogP contribution is -1.96. The van der Waals surface area contributed by atoms with Gasteiger partial charge < -0.3 is 9.13 Å². The average Bonchev–Trinajstić information content (AvgIpc) is 3.79. The topological polar surface area (TPSA) is 9.86 Å². The third-order valence-electron chi connectivity index (χ3n) is 11.3. The minimum absolute atomic E-state index is 1.14. The van der Waals surface area contributed by atoms with Gasteiger partial charge in [0.05, 0.1) is 22.1 Å². The molecule has 9 aromatic carbocycles. The molecule has 0 atom stereocenters. The standard InChI is InChI=1S/C54H36N2/c1-4-15-37(16-5-1)43-32-44(38-17-6-2-7-18-38)34-46(33-43)56-51-25-12-10-23-47(51)49-29-27-42(36-54(49)56)40-20-14-19-39(31-40)41-28-30-53-50(35-41)48-24-11-13-26-52(48)55(53)45-21-8-3-9-22-45/h1-36H.